The highest BCUT2D eigenvalue weighted by Gasteiger charge is 2.25. The molecule has 0 saturated carbocycles. The van der Waals surface area contributed by atoms with Gasteiger partial charge in [-0.1, -0.05) is 0 Å². The van der Waals surface area contributed by atoms with Crippen molar-refractivity contribution in [2.45, 2.75) is 44.9 Å². The summed E-state index contributed by atoms with van der Waals surface area (Å²) in [5.41, 5.74) is 5.40. The molecule has 1 aliphatic rings. The third-order valence-electron chi connectivity index (χ3n) is 2.23. The lowest BCUT2D eigenvalue weighted by Gasteiger charge is -2.30. The molecule has 1 saturated heterocycles. The van der Waals surface area contributed by atoms with Crippen LogP contribution in [0, 0.1) is 0 Å². The molecule has 0 bridgehead atoms. The third-order valence-corrected chi connectivity index (χ3v) is 2.23. The lowest BCUT2D eigenvalue weighted by atomic mass is 10.0. The van der Waals surface area contributed by atoms with Crippen molar-refractivity contribution >= 4 is 6.09 Å². The number of hydrogen-bond donors (Lipinski definition) is 3. The Morgan fingerprint density at radius 3 is 2.73 bits per heavy atom. The topological polar surface area (TPSA) is 76.4 Å². The Labute approximate surface area is 90.7 Å². The SMILES string of the molecule is CC(C)(C)OC(=O)NC1CCNCC1N. The summed E-state index contributed by atoms with van der Waals surface area (Å²) in [5.74, 6) is 0. The second-order valence-electron chi connectivity index (χ2n) is 4.91. The molecule has 5 heteroatoms. The first kappa shape index (κ1) is 12.3. The Balaban J connectivity index is 2.36. The molecule has 5 nitrogen and oxygen atoms in total. The summed E-state index contributed by atoms with van der Waals surface area (Å²) >= 11 is 0. The van der Waals surface area contributed by atoms with E-state index in [-0.39, 0.29) is 18.2 Å². The molecule has 1 rings (SSSR count). The van der Waals surface area contributed by atoms with E-state index in [1.807, 2.05) is 20.8 Å². The summed E-state index contributed by atoms with van der Waals surface area (Å²) in [6.45, 7) is 7.15. The van der Waals surface area contributed by atoms with Gasteiger partial charge in [0.2, 0.25) is 0 Å². The number of alkyl carbamates (subject to hydrolysis) is 1. The first-order chi connectivity index (χ1) is 6.88. The number of rotatable bonds is 1. The van der Waals surface area contributed by atoms with Crippen molar-refractivity contribution < 1.29 is 9.53 Å². The number of hydrogen-bond acceptors (Lipinski definition) is 4. The highest BCUT2D eigenvalue weighted by Crippen LogP contribution is 2.08. The maximum atomic E-state index is 11.5. The fraction of sp³-hybridized carbons (Fsp3) is 0.900. The van der Waals surface area contributed by atoms with E-state index in [9.17, 15) is 4.79 Å². The van der Waals surface area contributed by atoms with Gasteiger partial charge in [0.15, 0.2) is 0 Å². The van der Waals surface area contributed by atoms with Gasteiger partial charge < -0.3 is 21.1 Å². The largest absolute Gasteiger partial charge is 0.444 e. The molecule has 1 fully saturated rings. The zero-order chi connectivity index (χ0) is 11.5. The fourth-order valence-corrected chi connectivity index (χ4v) is 1.52. The Morgan fingerprint density at radius 2 is 2.20 bits per heavy atom. The van der Waals surface area contributed by atoms with Crippen molar-refractivity contribution in [1.29, 1.82) is 0 Å². The van der Waals surface area contributed by atoms with Crippen LogP contribution in [-0.2, 0) is 4.74 Å². The average Bonchev–Trinajstić information content (AvgIpc) is 2.05. The Morgan fingerprint density at radius 1 is 1.53 bits per heavy atom. The molecule has 4 N–H and O–H groups in total. The summed E-state index contributed by atoms with van der Waals surface area (Å²) in [6.07, 6.45) is 0.463. The minimum Gasteiger partial charge on any atom is -0.444 e. The van der Waals surface area contributed by atoms with E-state index >= 15 is 0 Å². The predicted octanol–water partition coefficient (Wildman–Crippen LogP) is 0.200. The number of carbonyl (C=O) groups excluding carboxylic acids is 1. The molecule has 0 aliphatic carbocycles. The van der Waals surface area contributed by atoms with Crippen LogP contribution < -0.4 is 16.4 Å². The van der Waals surface area contributed by atoms with Gasteiger partial charge in [-0.15, -0.1) is 0 Å². The van der Waals surface area contributed by atoms with E-state index in [1.54, 1.807) is 0 Å². The van der Waals surface area contributed by atoms with Gasteiger partial charge in [-0.05, 0) is 33.7 Å². The Hall–Kier alpha value is -0.810. The highest BCUT2D eigenvalue weighted by atomic mass is 16.6. The van der Waals surface area contributed by atoms with E-state index in [2.05, 4.69) is 10.6 Å². The van der Waals surface area contributed by atoms with Gasteiger partial charge in [-0.25, -0.2) is 4.79 Å². The van der Waals surface area contributed by atoms with Crippen LogP contribution in [-0.4, -0.2) is 36.9 Å². The van der Waals surface area contributed by atoms with Gasteiger partial charge in [0.1, 0.15) is 5.60 Å². The molecule has 1 amide bonds. The zero-order valence-corrected chi connectivity index (χ0v) is 9.67. The Bertz CT molecular complexity index is 225. The first-order valence-electron chi connectivity index (χ1n) is 5.34. The number of amides is 1. The van der Waals surface area contributed by atoms with Crippen molar-refractivity contribution in [3.8, 4) is 0 Å². The molecule has 0 aromatic heterocycles. The second-order valence-corrected chi connectivity index (χ2v) is 4.91. The minimum atomic E-state index is -0.457. The molecule has 0 aromatic carbocycles. The molecule has 2 unspecified atom stereocenters. The predicted molar refractivity (Wildman–Crippen MR) is 58.6 cm³/mol. The van der Waals surface area contributed by atoms with E-state index in [0.29, 0.717) is 0 Å². The van der Waals surface area contributed by atoms with Crippen LogP contribution >= 0.6 is 0 Å². The molecular weight excluding hydrogens is 194 g/mol. The maximum Gasteiger partial charge on any atom is 0.407 e. The number of piperidine rings is 1. The molecule has 0 spiro atoms. The highest BCUT2D eigenvalue weighted by molar-refractivity contribution is 5.68. The van der Waals surface area contributed by atoms with Gasteiger partial charge >= 0.3 is 6.09 Å². The maximum absolute atomic E-state index is 11.5. The van der Waals surface area contributed by atoms with Crippen LogP contribution in [0.4, 0.5) is 4.79 Å². The molecular formula is C10H21N3O2. The van der Waals surface area contributed by atoms with Crippen LogP contribution in [0.25, 0.3) is 0 Å². The van der Waals surface area contributed by atoms with Crippen LogP contribution in [0.5, 0.6) is 0 Å². The van der Waals surface area contributed by atoms with Gasteiger partial charge in [0.25, 0.3) is 0 Å². The third kappa shape index (κ3) is 4.48. The average molecular weight is 215 g/mol. The number of ether oxygens (including phenoxy) is 1. The minimum absolute atomic E-state index is 0.0149. The van der Waals surface area contributed by atoms with Gasteiger partial charge in [-0.3, -0.25) is 0 Å². The normalized spacial score (nSPS) is 27.2. The van der Waals surface area contributed by atoms with Gasteiger partial charge in [-0.2, -0.15) is 0 Å². The van der Waals surface area contributed by atoms with Crippen molar-refractivity contribution in [2.24, 2.45) is 5.73 Å². The molecule has 1 heterocycles. The summed E-state index contributed by atoms with van der Waals surface area (Å²) in [5, 5.41) is 5.97. The molecule has 2 atom stereocenters. The van der Waals surface area contributed by atoms with Gasteiger partial charge in [0.05, 0.1) is 0 Å². The lowest BCUT2D eigenvalue weighted by Crippen LogP contribution is -2.57. The van der Waals surface area contributed by atoms with Crippen molar-refractivity contribution in [3.05, 3.63) is 0 Å². The molecule has 15 heavy (non-hydrogen) atoms. The van der Waals surface area contributed by atoms with E-state index < -0.39 is 5.60 Å². The first-order valence-corrected chi connectivity index (χ1v) is 5.34. The van der Waals surface area contributed by atoms with Crippen LogP contribution in [0.15, 0.2) is 0 Å². The smallest absolute Gasteiger partial charge is 0.407 e. The summed E-state index contributed by atoms with van der Waals surface area (Å²) in [6, 6.07) is -0.0210. The fourth-order valence-electron chi connectivity index (χ4n) is 1.52. The quantitative estimate of drug-likeness (QED) is 0.584. The standard InChI is InChI=1S/C10H21N3O2/c1-10(2,3)15-9(14)13-8-4-5-12-6-7(8)11/h7-8,12H,4-6,11H2,1-3H3,(H,13,14). The van der Waals surface area contributed by atoms with E-state index in [4.69, 9.17) is 10.5 Å². The second kappa shape index (κ2) is 4.81. The van der Waals surface area contributed by atoms with Crippen molar-refractivity contribution in [2.75, 3.05) is 13.1 Å². The number of nitrogens with two attached hydrogens (primary N) is 1. The lowest BCUT2D eigenvalue weighted by molar-refractivity contribution is 0.0488. The van der Waals surface area contributed by atoms with Crippen LogP contribution in [0.1, 0.15) is 27.2 Å². The van der Waals surface area contributed by atoms with E-state index in [1.165, 1.54) is 0 Å². The monoisotopic (exact) mass is 215 g/mol. The molecule has 0 aromatic rings. The summed E-state index contributed by atoms with van der Waals surface area (Å²) < 4.78 is 5.16. The Kier molecular flexibility index (Phi) is 3.93. The van der Waals surface area contributed by atoms with E-state index in [0.717, 1.165) is 19.5 Å². The summed E-state index contributed by atoms with van der Waals surface area (Å²) in [4.78, 5) is 11.5. The molecule has 0 radical (unpaired) electrons. The summed E-state index contributed by atoms with van der Waals surface area (Å²) in [7, 11) is 0. The van der Waals surface area contributed by atoms with Crippen LogP contribution in [0.3, 0.4) is 0 Å². The van der Waals surface area contributed by atoms with Crippen molar-refractivity contribution in [1.82, 2.24) is 10.6 Å². The number of carbonyl (C=O) groups is 1. The molecule has 88 valence electrons. The number of nitrogens with one attached hydrogen (secondary N) is 2. The zero-order valence-electron chi connectivity index (χ0n) is 9.67. The van der Waals surface area contributed by atoms with Crippen LogP contribution in [0.2, 0.25) is 0 Å². The van der Waals surface area contributed by atoms with Gasteiger partial charge in [0, 0.05) is 18.6 Å². The van der Waals surface area contributed by atoms with Crippen molar-refractivity contribution in [3.63, 3.8) is 0 Å². The molecule has 1 aliphatic heterocycles.